The lowest BCUT2D eigenvalue weighted by molar-refractivity contribution is -0.138. The maximum atomic E-state index is 10.7. The van der Waals surface area contributed by atoms with E-state index in [0.29, 0.717) is 0 Å². The van der Waals surface area contributed by atoms with Crippen molar-refractivity contribution in [3.05, 3.63) is 35.4 Å². The number of carbonyl (C=O) groups is 1. The van der Waals surface area contributed by atoms with Crippen LogP contribution in [0.25, 0.3) is 0 Å². The van der Waals surface area contributed by atoms with Gasteiger partial charge in [0.25, 0.3) is 0 Å². The summed E-state index contributed by atoms with van der Waals surface area (Å²) in [5.41, 5.74) is 2.02. The minimum absolute atomic E-state index is 0.153. The lowest BCUT2D eigenvalue weighted by Gasteiger charge is -2.22. The Morgan fingerprint density at radius 3 is 2.29 bits per heavy atom. The van der Waals surface area contributed by atoms with Gasteiger partial charge in [-0.15, -0.1) is 0 Å². The molecule has 0 aliphatic heterocycles. The van der Waals surface area contributed by atoms with E-state index in [1.54, 1.807) is 7.05 Å². The van der Waals surface area contributed by atoms with E-state index >= 15 is 0 Å². The molecular weight excluding hydrogens is 266 g/mol. The molecule has 1 N–H and O–H groups in total. The Kier molecular flexibility index (Phi) is 6.86. The third-order valence-corrected chi connectivity index (χ3v) is 3.54. The Hall–Kier alpha value is -1.90. The standard InChI is InChI=1S/C16H23N3O2/c1-4-19(5-2)11-13-6-8-14(9-7-13)15(10-17)18(3)12-16(20)21/h6-9,15H,4-5,11-12H2,1-3H3,(H,20,21). The Labute approximate surface area is 126 Å². The van der Waals surface area contributed by atoms with Crippen molar-refractivity contribution in [1.82, 2.24) is 9.80 Å². The number of nitrogens with zero attached hydrogens (tertiary/aromatic N) is 3. The van der Waals surface area contributed by atoms with Crippen molar-refractivity contribution in [2.24, 2.45) is 0 Å². The zero-order valence-corrected chi connectivity index (χ0v) is 12.9. The number of hydrogen-bond donors (Lipinski definition) is 1. The summed E-state index contributed by atoms with van der Waals surface area (Å²) >= 11 is 0. The maximum absolute atomic E-state index is 10.7. The molecule has 21 heavy (non-hydrogen) atoms. The fraction of sp³-hybridized carbons (Fsp3) is 0.500. The summed E-state index contributed by atoms with van der Waals surface area (Å²) in [7, 11) is 1.64. The SMILES string of the molecule is CCN(CC)Cc1ccc(C(C#N)N(C)CC(=O)O)cc1. The molecule has 0 amide bonds. The second kappa shape index (κ2) is 8.40. The first-order chi connectivity index (χ1) is 10.0. The maximum Gasteiger partial charge on any atom is 0.317 e. The lowest BCUT2D eigenvalue weighted by atomic mass is 10.0. The van der Waals surface area contributed by atoms with Gasteiger partial charge in [-0.05, 0) is 31.3 Å². The van der Waals surface area contributed by atoms with Crippen LogP contribution in [0.2, 0.25) is 0 Å². The van der Waals surface area contributed by atoms with Gasteiger partial charge in [-0.2, -0.15) is 5.26 Å². The van der Waals surface area contributed by atoms with E-state index in [9.17, 15) is 10.1 Å². The number of benzene rings is 1. The fourth-order valence-corrected chi connectivity index (χ4v) is 2.24. The van der Waals surface area contributed by atoms with Crippen molar-refractivity contribution in [2.75, 3.05) is 26.7 Å². The molecule has 0 bridgehead atoms. The van der Waals surface area contributed by atoms with Crippen LogP contribution in [0.4, 0.5) is 0 Å². The molecule has 0 fully saturated rings. The molecule has 0 radical (unpaired) electrons. The highest BCUT2D eigenvalue weighted by atomic mass is 16.4. The lowest BCUT2D eigenvalue weighted by Crippen LogP contribution is -2.29. The van der Waals surface area contributed by atoms with Crippen molar-refractivity contribution in [3.63, 3.8) is 0 Å². The monoisotopic (exact) mass is 289 g/mol. The minimum Gasteiger partial charge on any atom is -0.480 e. The molecule has 0 aliphatic rings. The molecule has 0 aliphatic carbocycles. The highest BCUT2D eigenvalue weighted by Gasteiger charge is 2.18. The second-order valence-electron chi connectivity index (χ2n) is 5.04. The van der Waals surface area contributed by atoms with Crippen LogP contribution >= 0.6 is 0 Å². The Balaban J connectivity index is 2.80. The van der Waals surface area contributed by atoms with Crippen LogP contribution in [0.15, 0.2) is 24.3 Å². The summed E-state index contributed by atoms with van der Waals surface area (Å²) in [6, 6.07) is 9.45. The summed E-state index contributed by atoms with van der Waals surface area (Å²) in [5.74, 6) is -0.934. The Morgan fingerprint density at radius 2 is 1.86 bits per heavy atom. The minimum atomic E-state index is -0.934. The van der Waals surface area contributed by atoms with Gasteiger partial charge in [0.1, 0.15) is 6.04 Å². The number of aliphatic carboxylic acids is 1. The van der Waals surface area contributed by atoms with Crippen LogP contribution < -0.4 is 0 Å². The number of carboxylic acid groups (broad SMARTS) is 1. The summed E-state index contributed by atoms with van der Waals surface area (Å²) < 4.78 is 0. The highest BCUT2D eigenvalue weighted by Crippen LogP contribution is 2.19. The first-order valence-corrected chi connectivity index (χ1v) is 7.14. The molecule has 1 aromatic carbocycles. The fourth-order valence-electron chi connectivity index (χ4n) is 2.24. The van der Waals surface area contributed by atoms with Gasteiger partial charge >= 0.3 is 5.97 Å². The predicted molar refractivity (Wildman–Crippen MR) is 81.7 cm³/mol. The quantitative estimate of drug-likeness (QED) is 0.794. The third kappa shape index (κ3) is 5.18. The van der Waals surface area contributed by atoms with Crippen molar-refractivity contribution in [1.29, 1.82) is 5.26 Å². The van der Waals surface area contributed by atoms with Crippen LogP contribution in [0.3, 0.4) is 0 Å². The molecule has 1 atom stereocenters. The highest BCUT2D eigenvalue weighted by molar-refractivity contribution is 5.69. The van der Waals surface area contributed by atoms with Gasteiger partial charge in [0, 0.05) is 6.54 Å². The van der Waals surface area contributed by atoms with E-state index in [2.05, 4.69) is 24.8 Å². The molecule has 1 rings (SSSR count). The molecule has 5 heteroatoms. The summed E-state index contributed by atoms with van der Waals surface area (Å²) in [6.07, 6.45) is 0. The molecule has 0 saturated heterocycles. The molecule has 114 valence electrons. The Bertz CT molecular complexity index is 489. The smallest absolute Gasteiger partial charge is 0.317 e. The van der Waals surface area contributed by atoms with Crippen LogP contribution in [0, 0.1) is 11.3 Å². The van der Waals surface area contributed by atoms with Crippen LogP contribution in [-0.2, 0) is 11.3 Å². The van der Waals surface area contributed by atoms with Crippen molar-refractivity contribution >= 4 is 5.97 Å². The van der Waals surface area contributed by atoms with Gasteiger partial charge < -0.3 is 5.11 Å². The molecular formula is C16H23N3O2. The summed E-state index contributed by atoms with van der Waals surface area (Å²) in [4.78, 5) is 14.6. The molecule has 0 spiro atoms. The number of nitriles is 1. The topological polar surface area (TPSA) is 67.6 Å². The van der Waals surface area contributed by atoms with Crippen LogP contribution in [-0.4, -0.2) is 47.6 Å². The normalized spacial score (nSPS) is 12.4. The van der Waals surface area contributed by atoms with Crippen molar-refractivity contribution in [3.8, 4) is 6.07 Å². The van der Waals surface area contributed by atoms with E-state index in [1.807, 2.05) is 24.3 Å². The number of likely N-dealkylation sites (N-methyl/N-ethyl adjacent to an activating group) is 1. The van der Waals surface area contributed by atoms with E-state index in [1.165, 1.54) is 10.5 Å². The van der Waals surface area contributed by atoms with Gasteiger partial charge in [0.2, 0.25) is 0 Å². The molecule has 1 unspecified atom stereocenters. The van der Waals surface area contributed by atoms with Gasteiger partial charge in [0.05, 0.1) is 12.6 Å². The van der Waals surface area contributed by atoms with Gasteiger partial charge in [-0.25, -0.2) is 0 Å². The zero-order valence-electron chi connectivity index (χ0n) is 12.9. The average Bonchev–Trinajstić information content (AvgIpc) is 2.46. The van der Waals surface area contributed by atoms with Crippen molar-refractivity contribution in [2.45, 2.75) is 26.4 Å². The number of rotatable bonds is 8. The van der Waals surface area contributed by atoms with E-state index < -0.39 is 12.0 Å². The zero-order chi connectivity index (χ0) is 15.8. The van der Waals surface area contributed by atoms with Gasteiger partial charge in [0.15, 0.2) is 0 Å². The predicted octanol–water partition coefficient (Wildman–Crippen LogP) is 2.11. The largest absolute Gasteiger partial charge is 0.480 e. The van der Waals surface area contributed by atoms with Crippen LogP contribution in [0.5, 0.6) is 0 Å². The second-order valence-corrected chi connectivity index (χ2v) is 5.04. The summed E-state index contributed by atoms with van der Waals surface area (Å²) in [5, 5.41) is 18.1. The van der Waals surface area contributed by atoms with E-state index in [4.69, 9.17) is 5.11 Å². The average molecular weight is 289 g/mol. The van der Waals surface area contributed by atoms with Gasteiger partial charge in [-0.3, -0.25) is 14.6 Å². The number of hydrogen-bond acceptors (Lipinski definition) is 4. The van der Waals surface area contributed by atoms with Crippen molar-refractivity contribution < 1.29 is 9.90 Å². The van der Waals surface area contributed by atoms with E-state index in [-0.39, 0.29) is 6.54 Å². The Morgan fingerprint density at radius 1 is 1.29 bits per heavy atom. The third-order valence-electron chi connectivity index (χ3n) is 3.54. The molecule has 1 aromatic rings. The van der Waals surface area contributed by atoms with Crippen LogP contribution in [0.1, 0.15) is 31.0 Å². The molecule has 5 nitrogen and oxygen atoms in total. The first kappa shape index (κ1) is 17.2. The summed E-state index contributed by atoms with van der Waals surface area (Å²) in [6.45, 7) is 6.99. The first-order valence-electron chi connectivity index (χ1n) is 7.14. The molecule has 0 aromatic heterocycles. The van der Waals surface area contributed by atoms with E-state index in [0.717, 1.165) is 25.2 Å². The molecule has 0 heterocycles. The molecule has 0 saturated carbocycles. The number of carboxylic acids is 1. The van der Waals surface area contributed by atoms with Gasteiger partial charge in [-0.1, -0.05) is 38.1 Å².